The molecule has 0 unspecified atom stereocenters. The number of hydrogen-bond donors (Lipinski definition) is 0. The van der Waals surface area contributed by atoms with Crippen molar-refractivity contribution in [1.82, 2.24) is 9.13 Å². The fraction of sp³-hybridized carbons (Fsp3) is 0.0164. The van der Waals surface area contributed by atoms with Gasteiger partial charge in [0.2, 0.25) is 0 Å². The highest BCUT2D eigenvalue weighted by Crippen LogP contribution is 2.49. The number of aromatic nitrogens is 2. The Morgan fingerprint density at radius 1 is 0.292 bits per heavy atom. The van der Waals surface area contributed by atoms with Crippen LogP contribution >= 0.6 is 11.3 Å². The molecule has 0 saturated heterocycles. The lowest BCUT2D eigenvalue weighted by Crippen LogP contribution is -2.31. The zero-order valence-electron chi connectivity index (χ0n) is 35.2. The van der Waals surface area contributed by atoms with E-state index in [1.807, 2.05) is 23.5 Å². The summed E-state index contributed by atoms with van der Waals surface area (Å²) in [5, 5.41) is 9.72. The molecule has 65 heavy (non-hydrogen) atoms. The minimum atomic E-state index is -0.666. The monoisotopic (exact) mass is 846 g/mol. The summed E-state index contributed by atoms with van der Waals surface area (Å²) in [6.07, 6.45) is 0. The highest BCUT2D eigenvalue weighted by molar-refractivity contribution is 7.25. The van der Waals surface area contributed by atoms with Crippen molar-refractivity contribution in [3.8, 4) is 11.4 Å². The van der Waals surface area contributed by atoms with Gasteiger partial charge < -0.3 is 13.6 Å². The summed E-state index contributed by atoms with van der Waals surface area (Å²) < 4.78 is 13.8. The standard InChI is InChI=1S/C61H38N2OS/c1-3-15-39(16-4-1)61(40-17-5-2-6-18-40,41-27-31-55-49(35-41)45-19-7-11-23-53(45)62(55)43-29-33-58-51(37-43)47-21-9-13-25-57(47)64-58)42-28-32-56-50(36-42)46-20-8-12-24-54(46)63(56)44-30-34-60-52(38-44)48-22-10-14-26-59(48)65-60/h1-38H. The zero-order chi connectivity index (χ0) is 42.6. The first-order valence-corrected chi connectivity index (χ1v) is 23.1. The quantitative estimate of drug-likeness (QED) is 0.153. The normalized spacial score (nSPS) is 12.3. The van der Waals surface area contributed by atoms with Gasteiger partial charge in [-0.25, -0.2) is 0 Å². The van der Waals surface area contributed by atoms with Crippen LogP contribution in [0.5, 0.6) is 0 Å². The maximum atomic E-state index is 6.27. The lowest BCUT2D eigenvalue weighted by molar-refractivity contribution is 0.669. The van der Waals surface area contributed by atoms with Gasteiger partial charge >= 0.3 is 0 Å². The molecule has 0 radical (unpaired) electrons. The van der Waals surface area contributed by atoms with Gasteiger partial charge in [0.25, 0.3) is 0 Å². The molecule has 3 nitrogen and oxygen atoms in total. The Bertz CT molecular complexity index is 3910. The van der Waals surface area contributed by atoms with Crippen molar-refractivity contribution < 1.29 is 4.42 Å². The van der Waals surface area contributed by atoms with Crippen molar-refractivity contribution in [2.75, 3.05) is 0 Å². The van der Waals surface area contributed by atoms with Crippen molar-refractivity contribution in [1.29, 1.82) is 0 Å². The number of rotatable bonds is 6. The molecule has 0 N–H and O–H groups in total. The van der Waals surface area contributed by atoms with Gasteiger partial charge in [-0.1, -0.05) is 146 Å². The molecular weight excluding hydrogens is 809 g/mol. The van der Waals surface area contributed by atoms with Crippen molar-refractivity contribution in [3.05, 3.63) is 253 Å². The topological polar surface area (TPSA) is 23.0 Å². The third-order valence-corrected chi connectivity index (χ3v) is 15.0. The van der Waals surface area contributed by atoms with E-state index < -0.39 is 5.41 Å². The molecule has 0 spiro atoms. The first-order valence-electron chi connectivity index (χ1n) is 22.2. The second-order valence-corrected chi connectivity index (χ2v) is 18.3. The number of para-hydroxylation sites is 3. The summed E-state index contributed by atoms with van der Waals surface area (Å²) in [6.45, 7) is 0. The molecule has 4 heterocycles. The number of benzene rings is 10. The molecule has 0 amide bonds. The lowest BCUT2D eigenvalue weighted by atomic mass is 9.65. The third kappa shape index (κ3) is 5.23. The highest BCUT2D eigenvalue weighted by atomic mass is 32.1. The molecule has 0 fully saturated rings. The van der Waals surface area contributed by atoms with E-state index in [4.69, 9.17) is 4.42 Å². The Morgan fingerprint density at radius 3 is 1.38 bits per heavy atom. The predicted octanol–water partition coefficient (Wildman–Crippen LogP) is 16.5. The molecule has 0 bridgehead atoms. The van der Waals surface area contributed by atoms with Crippen LogP contribution in [-0.2, 0) is 5.41 Å². The Hall–Kier alpha value is -8.18. The van der Waals surface area contributed by atoms with Gasteiger partial charge in [0, 0.05) is 63.9 Å². The highest BCUT2D eigenvalue weighted by Gasteiger charge is 2.39. The van der Waals surface area contributed by atoms with Crippen molar-refractivity contribution in [3.63, 3.8) is 0 Å². The maximum Gasteiger partial charge on any atom is 0.135 e. The van der Waals surface area contributed by atoms with Gasteiger partial charge in [-0.05, 0) is 107 Å². The van der Waals surface area contributed by atoms with E-state index in [0.717, 1.165) is 33.1 Å². The number of fused-ring (bicyclic) bond motifs is 12. The Labute approximate surface area is 378 Å². The summed E-state index contributed by atoms with van der Waals surface area (Å²) in [6, 6.07) is 84.9. The average molecular weight is 847 g/mol. The van der Waals surface area contributed by atoms with Crippen LogP contribution in [-0.4, -0.2) is 9.13 Å². The van der Waals surface area contributed by atoms with E-state index in [1.165, 1.54) is 86.2 Å². The molecule has 304 valence electrons. The van der Waals surface area contributed by atoms with E-state index in [1.54, 1.807) is 0 Å². The molecule has 0 aliphatic carbocycles. The van der Waals surface area contributed by atoms with Crippen LogP contribution in [0, 0.1) is 0 Å². The van der Waals surface area contributed by atoms with E-state index in [9.17, 15) is 0 Å². The van der Waals surface area contributed by atoms with E-state index in [0.29, 0.717) is 0 Å². The second-order valence-electron chi connectivity index (χ2n) is 17.2. The molecule has 14 rings (SSSR count). The Morgan fingerprint density at radius 2 is 0.754 bits per heavy atom. The van der Waals surface area contributed by atoms with E-state index in [2.05, 4.69) is 228 Å². The Kier molecular flexibility index (Phi) is 7.77. The first kappa shape index (κ1) is 36.3. The zero-order valence-corrected chi connectivity index (χ0v) is 36.0. The third-order valence-electron chi connectivity index (χ3n) is 13.9. The largest absolute Gasteiger partial charge is 0.456 e. The molecule has 0 aliphatic rings. The fourth-order valence-corrected chi connectivity index (χ4v) is 12.1. The van der Waals surface area contributed by atoms with Crippen LogP contribution in [0.2, 0.25) is 0 Å². The fourth-order valence-electron chi connectivity index (χ4n) is 11.1. The summed E-state index contributed by atoms with van der Waals surface area (Å²) in [4.78, 5) is 0. The average Bonchev–Trinajstić information content (AvgIpc) is 4.12. The summed E-state index contributed by atoms with van der Waals surface area (Å²) in [5.74, 6) is 0. The summed E-state index contributed by atoms with van der Waals surface area (Å²) in [7, 11) is 0. The van der Waals surface area contributed by atoms with E-state index >= 15 is 0 Å². The molecule has 4 aromatic heterocycles. The SMILES string of the molecule is c1ccc(C(c2ccccc2)(c2ccc3c(c2)c2ccccc2n3-c2ccc3oc4ccccc4c3c2)c2ccc3c(c2)c2ccccc2n3-c2ccc3sc4ccccc4c3c2)cc1. The molecule has 0 aliphatic heterocycles. The molecule has 0 saturated carbocycles. The van der Waals surface area contributed by atoms with Crippen LogP contribution in [0.4, 0.5) is 0 Å². The van der Waals surface area contributed by atoms with Gasteiger partial charge in [-0.3, -0.25) is 0 Å². The van der Waals surface area contributed by atoms with Crippen molar-refractivity contribution in [2.24, 2.45) is 0 Å². The minimum Gasteiger partial charge on any atom is -0.456 e. The molecule has 14 aromatic rings. The maximum absolute atomic E-state index is 6.27. The van der Waals surface area contributed by atoms with Crippen LogP contribution in [0.1, 0.15) is 22.3 Å². The second kappa shape index (κ2) is 13.9. The number of furan rings is 1. The van der Waals surface area contributed by atoms with Crippen LogP contribution in [0.25, 0.3) is 97.1 Å². The van der Waals surface area contributed by atoms with Crippen LogP contribution < -0.4 is 0 Å². The van der Waals surface area contributed by atoms with Gasteiger partial charge in [0.1, 0.15) is 11.2 Å². The predicted molar refractivity (Wildman–Crippen MR) is 274 cm³/mol. The van der Waals surface area contributed by atoms with Crippen LogP contribution in [0.3, 0.4) is 0 Å². The van der Waals surface area contributed by atoms with Gasteiger partial charge in [-0.2, -0.15) is 0 Å². The Balaban J connectivity index is 1.03. The number of hydrogen-bond acceptors (Lipinski definition) is 2. The van der Waals surface area contributed by atoms with Crippen LogP contribution in [0.15, 0.2) is 235 Å². The smallest absolute Gasteiger partial charge is 0.135 e. The summed E-state index contributed by atoms with van der Waals surface area (Å²) in [5.41, 5.74) is 13.0. The molecular formula is C61H38N2OS. The van der Waals surface area contributed by atoms with Gasteiger partial charge in [0.05, 0.1) is 27.5 Å². The molecule has 10 aromatic carbocycles. The number of nitrogens with zero attached hydrogens (tertiary/aromatic N) is 2. The molecule has 0 atom stereocenters. The molecule has 4 heteroatoms. The summed E-state index contributed by atoms with van der Waals surface area (Å²) >= 11 is 1.86. The lowest BCUT2D eigenvalue weighted by Gasteiger charge is -2.37. The van der Waals surface area contributed by atoms with Crippen molar-refractivity contribution in [2.45, 2.75) is 5.41 Å². The van der Waals surface area contributed by atoms with Gasteiger partial charge in [-0.15, -0.1) is 11.3 Å². The van der Waals surface area contributed by atoms with E-state index in [-0.39, 0.29) is 0 Å². The number of thiophene rings is 1. The van der Waals surface area contributed by atoms with Crippen molar-refractivity contribution >= 4 is 97.1 Å². The van der Waals surface area contributed by atoms with Gasteiger partial charge in [0.15, 0.2) is 0 Å². The first-order chi connectivity index (χ1) is 32.2. The minimum absolute atomic E-state index is 0.666.